The number of amides is 3. The first kappa shape index (κ1) is 33.6. The van der Waals surface area contributed by atoms with E-state index in [1.54, 1.807) is 11.8 Å². The number of piperidine rings is 1. The highest BCUT2D eigenvalue weighted by molar-refractivity contribution is 6.30. The van der Waals surface area contributed by atoms with Gasteiger partial charge in [0, 0.05) is 31.0 Å². The van der Waals surface area contributed by atoms with Crippen LogP contribution in [-0.2, 0) is 32.8 Å². The van der Waals surface area contributed by atoms with Gasteiger partial charge in [-0.15, -0.1) is 0 Å². The van der Waals surface area contributed by atoms with Gasteiger partial charge in [0.25, 0.3) is 5.91 Å². The molecule has 0 spiro atoms. The zero-order valence-electron chi connectivity index (χ0n) is 27.2. The van der Waals surface area contributed by atoms with Crippen molar-refractivity contribution in [3.63, 3.8) is 0 Å². The van der Waals surface area contributed by atoms with E-state index in [2.05, 4.69) is 9.97 Å². The number of nitrogens with zero attached hydrogens (tertiary/aromatic N) is 5. The van der Waals surface area contributed by atoms with E-state index in [0.717, 1.165) is 17.7 Å². The van der Waals surface area contributed by atoms with Gasteiger partial charge in [-0.05, 0) is 75.0 Å². The lowest BCUT2D eigenvalue weighted by Crippen LogP contribution is -2.50. The highest BCUT2D eigenvalue weighted by Crippen LogP contribution is 2.49. The maximum absolute atomic E-state index is 15.1. The molecule has 1 aliphatic carbocycles. The summed E-state index contributed by atoms with van der Waals surface area (Å²) in [5, 5.41) is 0.229. The molecule has 3 amide bonds. The molecule has 2 fully saturated rings. The topological polar surface area (TPSA) is 167 Å². The van der Waals surface area contributed by atoms with Gasteiger partial charge in [0.1, 0.15) is 5.82 Å². The van der Waals surface area contributed by atoms with Crippen LogP contribution in [0.25, 0.3) is 11.1 Å². The van der Waals surface area contributed by atoms with Crippen LogP contribution in [0.3, 0.4) is 0 Å². The number of pyridine rings is 1. The first-order valence-corrected chi connectivity index (χ1v) is 16.6. The van der Waals surface area contributed by atoms with Crippen molar-refractivity contribution in [1.29, 1.82) is 0 Å². The smallest absolute Gasteiger partial charge is 0.453 e. The van der Waals surface area contributed by atoms with Gasteiger partial charge in [-0.1, -0.05) is 17.7 Å². The number of likely N-dealkylation sites (tertiary alicyclic amines) is 1. The number of esters is 1. The summed E-state index contributed by atoms with van der Waals surface area (Å²) in [5.74, 6) is -3.19. The van der Waals surface area contributed by atoms with Crippen LogP contribution in [0, 0.1) is 11.8 Å². The Hall–Kier alpha value is -4.92. The van der Waals surface area contributed by atoms with E-state index in [1.807, 2.05) is 0 Å². The Morgan fingerprint density at radius 2 is 1.76 bits per heavy atom. The van der Waals surface area contributed by atoms with Crippen molar-refractivity contribution in [3.8, 4) is 16.9 Å². The second-order valence-corrected chi connectivity index (χ2v) is 13.7. The summed E-state index contributed by atoms with van der Waals surface area (Å²) in [7, 11) is 1.33. The Morgan fingerprint density at radius 1 is 1.06 bits per heavy atom. The monoisotopic (exact) mass is 710 g/mol. The molecule has 1 saturated carbocycles. The van der Waals surface area contributed by atoms with Crippen molar-refractivity contribution in [2.45, 2.75) is 63.7 Å². The van der Waals surface area contributed by atoms with Crippen LogP contribution < -0.4 is 15.4 Å². The number of halogens is 3. The third-order valence-electron chi connectivity index (χ3n) is 9.69. The number of primary amides is 1. The maximum atomic E-state index is 15.1. The van der Waals surface area contributed by atoms with E-state index in [4.69, 9.17) is 36.5 Å². The number of carbonyl (C=O) groups excluding carboxylic acids is 4. The molecule has 13 nitrogen and oxygen atoms in total. The minimum atomic E-state index is -4.25. The number of alkyl halides is 2. The molecule has 5 heterocycles. The number of nitrogens with two attached hydrogens (primary N) is 1. The first-order chi connectivity index (χ1) is 23.8. The lowest BCUT2D eigenvalue weighted by atomic mass is 9.81. The predicted molar refractivity (Wildman–Crippen MR) is 173 cm³/mol. The largest absolute Gasteiger partial charge is 0.482 e. The molecule has 3 aliphatic heterocycles. The third-order valence-corrected chi connectivity index (χ3v) is 9.89. The molecule has 3 aromatic rings. The van der Waals surface area contributed by atoms with E-state index in [1.165, 1.54) is 37.7 Å². The molecular weight excluding hydrogens is 678 g/mol. The van der Waals surface area contributed by atoms with Crippen LogP contribution in [0.15, 0.2) is 30.6 Å². The summed E-state index contributed by atoms with van der Waals surface area (Å²) in [6.07, 6.45) is 1.88. The number of aromatic nitrogens is 3. The van der Waals surface area contributed by atoms with Gasteiger partial charge in [-0.2, -0.15) is 8.78 Å². The van der Waals surface area contributed by atoms with E-state index in [9.17, 15) is 19.2 Å². The molecular formula is C34H33ClF2N6O7. The molecule has 1 saturated heterocycles. The molecule has 1 unspecified atom stereocenters. The highest BCUT2D eigenvalue weighted by atomic mass is 35.5. The zero-order valence-corrected chi connectivity index (χ0v) is 28.0. The maximum Gasteiger partial charge on any atom is 0.482 e. The Labute approximate surface area is 290 Å². The number of cyclic esters (lactones) is 1. The first-order valence-electron chi connectivity index (χ1n) is 16.2. The van der Waals surface area contributed by atoms with Crippen LogP contribution >= 0.6 is 11.6 Å². The van der Waals surface area contributed by atoms with E-state index in [-0.39, 0.29) is 56.4 Å². The number of rotatable bonds is 8. The molecule has 262 valence electrons. The summed E-state index contributed by atoms with van der Waals surface area (Å²) < 4.78 is 46.0. The lowest BCUT2D eigenvalue weighted by Gasteiger charge is -2.35. The molecule has 1 aromatic carbocycles. The van der Waals surface area contributed by atoms with Gasteiger partial charge in [0.05, 0.1) is 46.9 Å². The van der Waals surface area contributed by atoms with Crippen molar-refractivity contribution >= 4 is 41.2 Å². The number of anilines is 1. The fourth-order valence-corrected chi connectivity index (χ4v) is 7.19. The second kappa shape index (κ2) is 12.4. The number of fused-ring (bicyclic) bond motifs is 2. The normalized spacial score (nSPS) is 21.3. The standard InChI is InChI=1S/C34H33ClF2N6O7/c1-33(13-18-7-9-42(10-8-18)32(47)48-2)28-27(30(45)50-33)25(26(29(38)44)21(41-28)11-17-3-4-17)19-5-6-22-23(12-19)49-34(36,37)31(46)43(22)16-24-39-14-20(35)15-40-24/h5-6,12,14-15,17-18H,3-4,7-11,13,16H2,1-2H3,(H2,38,44). The second-order valence-electron chi connectivity index (χ2n) is 13.3. The third kappa shape index (κ3) is 6.07. The summed E-state index contributed by atoms with van der Waals surface area (Å²) in [4.78, 5) is 67.3. The minimum absolute atomic E-state index is 0.00142. The van der Waals surface area contributed by atoms with Gasteiger partial charge in [0.15, 0.2) is 11.4 Å². The van der Waals surface area contributed by atoms with Crippen LogP contribution in [0.2, 0.25) is 5.02 Å². The molecule has 16 heteroatoms. The molecule has 4 aliphatic rings. The van der Waals surface area contributed by atoms with Gasteiger partial charge in [-0.3, -0.25) is 19.5 Å². The molecule has 50 heavy (non-hydrogen) atoms. The number of hydrogen-bond acceptors (Lipinski definition) is 10. The van der Waals surface area contributed by atoms with Gasteiger partial charge < -0.3 is 24.8 Å². The Morgan fingerprint density at radius 3 is 2.40 bits per heavy atom. The number of hydrogen-bond donors (Lipinski definition) is 1. The minimum Gasteiger partial charge on any atom is -0.453 e. The average molecular weight is 711 g/mol. The van der Waals surface area contributed by atoms with Gasteiger partial charge in [0.2, 0.25) is 0 Å². The predicted octanol–water partition coefficient (Wildman–Crippen LogP) is 5.02. The Kier molecular flexibility index (Phi) is 8.36. The van der Waals surface area contributed by atoms with Crippen LogP contribution in [-0.4, -0.2) is 70.0 Å². The van der Waals surface area contributed by atoms with Crippen LogP contribution in [0.1, 0.15) is 77.0 Å². The van der Waals surface area contributed by atoms with E-state index >= 15 is 8.78 Å². The fourth-order valence-electron chi connectivity index (χ4n) is 7.10. The zero-order chi connectivity index (χ0) is 35.5. The lowest BCUT2D eigenvalue weighted by molar-refractivity contribution is -0.193. The number of methoxy groups -OCH3 is 1. The van der Waals surface area contributed by atoms with E-state index in [0.29, 0.717) is 50.2 Å². The quantitative estimate of drug-likeness (QED) is 0.314. The van der Waals surface area contributed by atoms with Crippen molar-refractivity contribution in [2.24, 2.45) is 17.6 Å². The molecule has 0 radical (unpaired) electrons. The van der Waals surface area contributed by atoms with Crippen LogP contribution in [0.5, 0.6) is 5.75 Å². The molecule has 1 atom stereocenters. The van der Waals surface area contributed by atoms with Gasteiger partial charge >= 0.3 is 24.1 Å². The number of ether oxygens (including phenoxy) is 3. The molecule has 2 aromatic heterocycles. The summed E-state index contributed by atoms with van der Waals surface area (Å²) in [6.45, 7) is 2.31. The Bertz CT molecular complexity index is 1920. The fraction of sp³-hybridized carbons (Fsp3) is 0.441. The molecule has 2 N–H and O–H groups in total. The van der Waals surface area contributed by atoms with Crippen molar-refractivity contribution in [2.75, 3.05) is 25.1 Å². The van der Waals surface area contributed by atoms with Crippen molar-refractivity contribution < 1.29 is 42.2 Å². The average Bonchev–Trinajstić information content (AvgIpc) is 3.86. The van der Waals surface area contributed by atoms with Crippen LogP contribution in [0.4, 0.5) is 19.3 Å². The SMILES string of the molecule is COC(=O)N1CCC(CC2(C)OC(=O)c3c2nc(CC2CC2)c(C(N)=O)c3-c2ccc3c(c2)OC(F)(F)C(=O)N3Cc2ncc(Cl)cn2)CC1. The number of benzene rings is 1. The van der Waals surface area contributed by atoms with Crippen molar-refractivity contribution in [3.05, 3.63) is 64.0 Å². The summed E-state index contributed by atoms with van der Waals surface area (Å²) in [5.41, 5.74) is 5.78. The number of carbonyl (C=O) groups is 4. The van der Waals surface area contributed by atoms with Crippen molar-refractivity contribution in [1.82, 2.24) is 19.9 Å². The summed E-state index contributed by atoms with van der Waals surface area (Å²) >= 11 is 5.87. The highest BCUT2D eigenvalue weighted by Gasteiger charge is 2.52. The summed E-state index contributed by atoms with van der Waals surface area (Å²) in [6, 6.07) is 4.14. The Balaban J connectivity index is 1.32. The van der Waals surface area contributed by atoms with Gasteiger partial charge in [-0.25, -0.2) is 19.6 Å². The molecule has 0 bridgehead atoms. The molecule has 7 rings (SSSR count). The van der Waals surface area contributed by atoms with E-state index < -0.39 is 42.1 Å².